The first kappa shape index (κ1) is 19.4. The lowest BCUT2D eigenvalue weighted by molar-refractivity contribution is -0.131. The molecule has 0 fully saturated rings. The Balaban J connectivity index is 3.14. The molecule has 0 aromatic heterocycles. The second kappa shape index (κ2) is 16.5. The molecule has 0 saturated carbocycles. The van der Waals surface area contributed by atoms with Crippen LogP contribution in [-0.2, 0) is 9.47 Å². The van der Waals surface area contributed by atoms with Crippen LogP contribution in [0.25, 0.3) is 0 Å². The largest absolute Gasteiger partial charge is 0.353 e. The molecule has 0 aliphatic carbocycles. The van der Waals surface area contributed by atoms with Crippen molar-refractivity contribution in [3.05, 3.63) is 25.3 Å². The molecule has 20 heavy (non-hydrogen) atoms. The van der Waals surface area contributed by atoms with Gasteiger partial charge < -0.3 is 9.47 Å². The van der Waals surface area contributed by atoms with Crippen molar-refractivity contribution in [1.29, 1.82) is 0 Å². The molecule has 0 unspecified atom stereocenters. The summed E-state index contributed by atoms with van der Waals surface area (Å²) >= 11 is 0. The standard InChI is InChI=1S/C18H34O2/c1-4-6-8-10-12-14-16-19-18(3)20-17-15-13-11-9-7-5-2/h4-5,18H,1-2,6-17H2,3H3. The van der Waals surface area contributed by atoms with E-state index >= 15 is 0 Å². The van der Waals surface area contributed by atoms with E-state index in [-0.39, 0.29) is 6.29 Å². The van der Waals surface area contributed by atoms with E-state index in [1.807, 2.05) is 19.1 Å². The zero-order chi connectivity index (χ0) is 14.9. The quantitative estimate of drug-likeness (QED) is 0.207. The Labute approximate surface area is 126 Å². The summed E-state index contributed by atoms with van der Waals surface area (Å²) in [6.45, 7) is 11.1. The van der Waals surface area contributed by atoms with E-state index in [0.717, 1.165) is 38.9 Å². The first-order chi connectivity index (χ1) is 9.81. The molecule has 0 aromatic carbocycles. The zero-order valence-electron chi connectivity index (χ0n) is 13.4. The number of unbranched alkanes of at least 4 members (excludes halogenated alkanes) is 8. The lowest BCUT2D eigenvalue weighted by atomic mass is 10.1. The van der Waals surface area contributed by atoms with E-state index < -0.39 is 0 Å². The molecule has 0 atom stereocenters. The Morgan fingerprint density at radius 1 is 0.700 bits per heavy atom. The third kappa shape index (κ3) is 15.5. The molecule has 0 aliphatic rings. The fourth-order valence-electron chi connectivity index (χ4n) is 2.04. The SMILES string of the molecule is C=CCCCCCCOC(C)OCCCCCCC=C. The van der Waals surface area contributed by atoms with Gasteiger partial charge >= 0.3 is 0 Å². The van der Waals surface area contributed by atoms with Gasteiger partial charge in [0.25, 0.3) is 0 Å². The highest BCUT2D eigenvalue weighted by Gasteiger charge is 2.01. The van der Waals surface area contributed by atoms with Gasteiger partial charge in [-0.05, 0) is 45.4 Å². The Kier molecular flexibility index (Phi) is 16.0. The van der Waals surface area contributed by atoms with Crippen molar-refractivity contribution in [3.8, 4) is 0 Å². The monoisotopic (exact) mass is 282 g/mol. The van der Waals surface area contributed by atoms with Gasteiger partial charge in [0.15, 0.2) is 6.29 Å². The van der Waals surface area contributed by atoms with Crippen molar-refractivity contribution in [1.82, 2.24) is 0 Å². The van der Waals surface area contributed by atoms with Gasteiger partial charge in [-0.3, -0.25) is 0 Å². The zero-order valence-corrected chi connectivity index (χ0v) is 13.4. The van der Waals surface area contributed by atoms with Crippen LogP contribution in [0, 0.1) is 0 Å². The Bertz CT molecular complexity index is 191. The molecule has 0 radical (unpaired) electrons. The average molecular weight is 282 g/mol. The first-order valence-corrected chi connectivity index (χ1v) is 8.26. The van der Waals surface area contributed by atoms with Crippen molar-refractivity contribution in [2.75, 3.05) is 13.2 Å². The highest BCUT2D eigenvalue weighted by atomic mass is 16.7. The fourth-order valence-corrected chi connectivity index (χ4v) is 2.04. The van der Waals surface area contributed by atoms with Crippen LogP contribution >= 0.6 is 0 Å². The van der Waals surface area contributed by atoms with Crippen LogP contribution in [0.2, 0.25) is 0 Å². The second-order valence-corrected chi connectivity index (χ2v) is 5.29. The van der Waals surface area contributed by atoms with E-state index in [1.54, 1.807) is 0 Å². The van der Waals surface area contributed by atoms with Crippen molar-refractivity contribution in [2.45, 2.75) is 77.4 Å². The molecule has 0 bridgehead atoms. The van der Waals surface area contributed by atoms with Crippen LogP contribution in [-0.4, -0.2) is 19.5 Å². The van der Waals surface area contributed by atoms with Gasteiger partial charge in [-0.2, -0.15) is 0 Å². The molecule has 0 saturated heterocycles. The van der Waals surface area contributed by atoms with Crippen molar-refractivity contribution >= 4 is 0 Å². The van der Waals surface area contributed by atoms with Crippen LogP contribution in [0.4, 0.5) is 0 Å². The summed E-state index contributed by atoms with van der Waals surface area (Å²) in [5.41, 5.74) is 0. The predicted molar refractivity (Wildman–Crippen MR) is 87.9 cm³/mol. The number of hydrogen-bond donors (Lipinski definition) is 0. The Morgan fingerprint density at radius 2 is 1.10 bits per heavy atom. The molecule has 118 valence electrons. The van der Waals surface area contributed by atoms with Gasteiger partial charge in [-0.25, -0.2) is 0 Å². The Hall–Kier alpha value is -0.600. The van der Waals surface area contributed by atoms with Gasteiger partial charge in [0, 0.05) is 13.2 Å². The molecule has 0 aromatic rings. The third-order valence-electron chi connectivity index (χ3n) is 3.31. The summed E-state index contributed by atoms with van der Waals surface area (Å²) < 4.78 is 11.3. The third-order valence-corrected chi connectivity index (χ3v) is 3.31. The first-order valence-electron chi connectivity index (χ1n) is 8.26. The highest BCUT2D eigenvalue weighted by molar-refractivity contribution is 4.65. The minimum Gasteiger partial charge on any atom is -0.353 e. The molecule has 0 amide bonds. The van der Waals surface area contributed by atoms with Crippen LogP contribution in [0.15, 0.2) is 25.3 Å². The minimum absolute atomic E-state index is 0.0589. The average Bonchev–Trinajstić information content (AvgIpc) is 2.45. The maximum absolute atomic E-state index is 5.64. The summed E-state index contributed by atoms with van der Waals surface area (Å²) in [5, 5.41) is 0. The summed E-state index contributed by atoms with van der Waals surface area (Å²) in [4.78, 5) is 0. The number of hydrogen-bond acceptors (Lipinski definition) is 2. The molecule has 0 heterocycles. The molecule has 2 nitrogen and oxygen atoms in total. The topological polar surface area (TPSA) is 18.5 Å². The fraction of sp³-hybridized carbons (Fsp3) is 0.778. The predicted octanol–water partition coefficient (Wildman–Crippen LogP) is 5.64. The van der Waals surface area contributed by atoms with E-state index in [9.17, 15) is 0 Å². The minimum atomic E-state index is -0.0589. The lowest BCUT2D eigenvalue weighted by Crippen LogP contribution is -2.14. The van der Waals surface area contributed by atoms with E-state index in [2.05, 4.69) is 13.2 Å². The van der Waals surface area contributed by atoms with Crippen LogP contribution in [0.5, 0.6) is 0 Å². The molecule has 0 rings (SSSR count). The molecule has 0 aliphatic heterocycles. The van der Waals surface area contributed by atoms with Crippen molar-refractivity contribution < 1.29 is 9.47 Å². The van der Waals surface area contributed by atoms with Gasteiger partial charge in [-0.15, -0.1) is 13.2 Å². The maximum atomic E-state index is 5.64. The van der Waals surface area contributed by atoms with Crippen LogP contribution < -0.4 is 0 Å². The molecule has 0 N–H and O–H groups in total. The lowest BCUT2D eigenvalue weighted by Gasteiger charge is -2.14. The Morgan fingerprint density at radius 3 is 1.50 bits per heavy atom. The second-order valence-electron chi connectivity index (χ2n) is 5.29. The van der Waals surface area contributed by atoms with Crippen molar-refractivity contribution in [3.63, 3.8) is 0 Å². The van der Waals surface area contributed by atoms with Crippen LogP contribution in [0.3, 0.4) is 0 Å². The summed E-state index contributed by atoms with van der Waals surface area (Å²) in [5.74, 6) is 0. The van der Waals surface area contributed by atoms with Gasteiger partial charge in [0.2, 0.25) is 0 Å². The summed E-state index contributed by atoms with van der Waals surface area (Å²) in [6.07, 6.45) is 16.0. The van der Waals surface area contributed by atoms with Crippen molar-refractivity contribution in [2.24, 2.45) is 0 Å². The molecule has 0 spiro atoms. The van der Waals surface area contributed by atoms with Gasteiger partial charge in [0.05, 0.1) is 0 Å². The maximum Gasteiger partial charge on any atom is 0.154 e. The highest BCUT2D eigenvalue weighted by Crippen LogP contribution is 2.06. The van der Waals surface area contributed by atoms with E-state index in [1.165, 1.54) is 38.5 Å². The van der Waals surface area contributed by atoms with E-state index in [0.29, 0.717) is 0 Å². The van der Waals surface area contributed by atoms with Gasteiger partial charge in [-0.1, -0.05) is 37.8 Å². The summed E-state index contributed by atoms with van der Waals surface area (Å²) in [7, 11) is 0. The molecular formula is C18H34O2. The van der Waals surface area contributed by atoms with Gasteiger partial charge in [0.1, 0.15) is 0 Å². The van der Waals surface area contributed by atoms with E-state index in [4.69, 9.17) is 9.47 Å². The summed E-state index contributed by atoms with van der Waals surface area (Å²) in [6, 6.07) is 0. The smallest absolute Gasteiger partial charge is 0.154 e. The number of ether oxygens (including phenoxy) is 2. The van der Waals surface area contributed by atoms with Crippen LogP contribution in [0.1, 0.15) is 71.1 Å². The number of allylic oxidation sites excluding steroid dienone is 2. The number of rotatable bonds is 16. The molecular weight excluding hydrogens is 248 g/mol. The molecule has 2 heteroatoms. The normalized spacial score (nSPS) is 10.9.